The molecule has 1 aliphatic carbocycles. The van der Waals surface area contributed by atoms with E-state index >= 15 is 0 Å². The Bertz CT molecular complexity index is 458. The van der Waals surface area contributed by atoms with Gasteiger partial charge < -0.3 is 15.1 Å². The van der Waals surface area contributed by atoms with E-state index in [0.29, 0.717) is 6.04 Å². The molecule has 0 spiro atoms. The lowest BCUT2D eigenvalue weighted by Crippen LogP contribution is -2.45. The van der Waals surface area contributed by atoms with Crippen molar-refractivity contribution in [2.45, 2.75) is 38.1 Å². The van der Waals surface area contributed by atoms with Crippen molar-refractivity contribution in [3.05, 3.63) is 12.4 Å². The van der Waals surface area contributed by atoms with Crippen LogP contribution in [0.4, 0.5) is 11.6 Å². The van der Waals surface area contributed by atoms with Crippen LogP contribution in [0.5, 0.6) is 0 Å². The van der Waals surface area contributed by atoms with Gasteiger partial charge in [0.15, 0.2) is 0 Å². The molecule has 1 atom stereocenters. The number of hydrogen-bond donors (Lipinski definition) is 1. The summed E-state index contributed by atoms with van der Waals surface area (Å²) < 4.78 is 0. The van der Waals surface area contributed by atoms with E-state index < -0.39 is 0 Å². The summed E-state index contributed by atoms with van der Waals surface area (Å²) in [6, 6.07) is 2.55. The Morgan fingerprint density at radius 3 is 2.81 bits per heavy atom. The molecule has 2 aliphatic rings. The summed E-state index contributed by atoms with van der Waals surface area (Å²) in [5, 5.41) is 3.60. The standard InChI is InChI=1S/C16H27N5/c1-20(2)16-9-15(17-12-18-16)19-14-7-4-8-21(11-14)10-13-5-3-6-13/h9,12-14H,3-8,10-11H2,1-2H3,(H,17,18,19). The summed E-state index contributed by atoms with van der Waals surface area (Å²) in [6.45, 7) is 3.71. The number of likely N-dealkylation sites (tertiary alicyclic amines) is 1. The zero-order chi connectivity index (χ0) is 14.7. The predicted octanol–water partition coefficient (Wildman–Crippen LogP) is 2.22. The summed E-state index contributed by atoms with van der Waals surface area (Å²) in [5.41, 5.74) is 0. The van der Waals surface area contributed by atoms with Crippen LogP contribution in [-0.2, 0) is 0 Å². The predicted molar refractivity (Wildman–Crippen MR) is 86.8 cm³/mol. The highest BCUT2D eigenvalue weighted by molar-refractivity contribution is 5.47. The molecule has 1 saturated carbocycles. The molecule has 2 fully saturated rings. The van der Waals surface area contributed by atoms with E-state index in [2.05, 4.69) is 20.2 Å². The maximum absolute atomic E-state index is 4.36. The number of piperidine rings is 1. The first-order chi connectivity index (χ1) is 10.2. The third-order valence-electron chi connectivity index (χ3n) is 4.71. The third kappa shape index (κ3) is 3.84. The van der Waals surface area contributed by atoms with Crippen LogP contribution in [0.1, 0.15) is 32.1 Å². The van der Waals surface area contributed by atoms with Gasteiger partial charge in [-0.05, 0) is 38.1 Å². The highest BCUT2D eigenvalue weighted by Crippen LogP contribution is 2.28. The molecule has 5 heteroatoms. The maximum Gasteiger partial charge on any atom is 0.133 e. The molecular weight excluding hydrogens is 262 g/mol. The van der Waals surface area contributed by atoms with Crippen LogP contribution in [0.2, 0.25) is 0 Å². The Morgan fingerprint density at radius 2 is 2.10 bits per heavy atom. The Hall–Kier alpha value is -1.36. The molecule has 0 radical (unpaired) electrons. The monoisotopic (exact) mass is 289 g/mol. The van der Waals surface area contributed by atoms with Gasteiger partial charge in [0.25, 0.3) is 0 Å². The fourth-order valence-electron chi connectivity index (χ4n) is 3.26. The van der Waals surface area contributed by atoms with Crippen molar-refractivity contribution in [1.29, 1.82) is 0 Å². The molecule has 116 valence electrons. The average Bonchev–Trinajstić information content (AvgIpc) is 2.44. The van der Waals surface area contributed by atoms with Crippen LogP contribution < -0.4 is 10.2 Å². The third-order valence-corrected chi connectivity index (χ3v) is 4.71. The Balaban J connectivity index is 1.55. The first-order valence-electron chi connectivity index (χ1n) is 8.19. The van der Waals surface area contributed by atoms with Crippen molar-refractivity contribution in [2.75, 3.05) is 43.9 Å². The van der Waals surface area contributed by atoms with Crippen LogP contribution in [0.3, 0.4) is 0 Å². The minimum atomic E-state index is 0.517. The Morgan fingerprint density at radius 1 is 1.24 bits per heavy atom. The molecule has 1 aromatic heterocycles. The van der Waals surface area contributed by atoms with Gasteiger partial charge in [0.1, 0.15) is 18.0 Å². The molecule has 5 nitrogen and oxygen atoms in total. The summed E-state index contributed by atoms with van der Waals surface area (Å²) >= 11 is 0. The number of rotatable bonds is 5. The molecule has 3 rings (SSSR count). The zero-order valence-corrected chi connectivity index (χ0v) is 13.3. The first kappa shape index (κ1) is 14.6. The molecule has 21 heavy (non-hydrogen) atoms. The van der Waals surface area contributed by atoms with Gasteiger partial charge in [-0.25, -0.2) is 9.97 Å². The van der Waals surface area contributed by atoms with Crippen molar-refractivity contribution in [3.63, 3.8) is 0 Å². The molecule has 0 aromatic carbocycles. The molecule has 0 bridgehead atoms. The van der Waals surface area contributed by atoms with E-state index in [1.807, 2.05) is 25.1 Å². The fraction of sp³-hybridized carbons (Fsp3) is 0.750. The second-order valence-corrected chi connectivity index (χ2v) is 6.70. The van der Waals surface area contributed by atoms with Gasteiger partial charge in [0, 0.05) is 39.3 Å². The smallest absolute Gasteiger partial charge is 0.133 e. The normalized spacial score (nSPS) is 23.6. The van der Waals surface area contributed by atoms with Gasteiger partial charge in [-0.15, -0.1) is 0 Å². The second kappa shape index (κ2) is 6.60. The van der Waals surface area contributed by atoms with Crippen molar-refractivity contribution in [1.82, 2.24) is 14.9 Å². The van der Waals surface area contributed by atoms with Gasteiger partial charge in [-0.3, -0.25) is 0 Å². The summed E-state index contributed by atoms with van der Waals surface area (Å²) in [4.78, 5) is 13.3. The average molecular weight is 289 g/mol. The summed E-state index contributed by atoms with van der Waals surface area (Å²) in [7, 11) is 4.01. The zero-order valence-electron chi connectivity index (χ0n) is 13.3. The SMILES string of the molecule is CN(C)c1cc(NC2CCCN(CC3CCC3)C2)ncn1. The molecule has 1 N–H and O–H groups in total. The van der Waals surface area contributed by atoms with Crippen molar-refractivity contribution in [2.24, 2.45) is 5.92 Å². The van der Waals surface area contributed by atoms with E-state index in [0.717, 1.165) is 24.1 Å². The molecule has 1 aliphatic heterocycles. The van der Waals surface area contributed by atoms with Crippen molar-refractivity contribution >= 4 is 11.6 Å². The van der Waals surface area contributed by atoms with E-state index in [1.165, 1.54) is 45.2 Å². The number of nitrogens with one attached hydrogen (secondary N) is 1. The van der Waals surface area contributed by atoms with Gasteiger partial charge in [-0.2, -0.15) is 0 Å². The highest BCUT2D eigenvalue weighted by Gasteiger charge is 2.25. The first-order valence-corrected chi connectivity index (χ1v) is 8.19. The number of aromatic nitrogens is 2. The van der Waals surface area contributed by atoms with Gasteiger partial charge >= 0.3 is 0 Å². The number of nitrogens with zero attached hydrogens (tertiary/aromatic N) is 4. The van der Waals surface area contributed by atoms with E-state index in [4.69, 9.17) is 0 Å². The topological polar surface area (TPSA) is 44.3 Å². The highest BCUT2D eigenvalue weighted by atomic mass is 15.2. The quantitative estimate of drug-likeness (QED) is 0.900. The van der Waals surface area contributed by atoms with Crippen molar-refractivity contribution in [3.8, 4) is 0 Å². The number of hydrogen-bond acceptors (Lipinski definition) is 5. The van der Waals surface area contributed by atoms with Crippen LogP contribution in [-0.4, -0.2) is 54.6 Å². The Labute approximate surface area is 127 Å². The van der Waals surface area contributed by atoms with Crippen LogP contribution in [0.25, 0.3) is 0 Å². The molecule has 1 aromatic rings. The molecular formula is C16H27N5. The molecule has 0 amide bonds. The lowest BCUT2D eigenvalue weighted by Gasteiger charge is -2.37. The van der Waals surface area contributed by atoms with Crippen LogP contribution in [0.15, 0.2) is 12.4 Å². The van der Waals surface area contributed by atoms with Crippen LogP contribution >= 0.6 is 0 Å². The largest absolute Gasteiger partial charge is 0.366 e. The fourth-order valence-corrected chi connectivity index (χ4v) is 3.26. The van der Waals surface area contributed by atoms with E-state index in [9.17, 15) is 0 Å². The Kier molecular flexibility index (Phi) is 4.58. The van der Waals surface area contributed by atoms with Crippen LogP contribution in [0, 0.1) is 5.92 Å². The maximum atomic E-state index is 4.36. The van der Waals surface area contributed by atoms with E-state index in [-0.39, 0.29) is 0 Å². The number of anilines is 2. The molecule has 1 saturated heterocycles. The summed E-state index contributed by atoms with van der Waals surface area (Å²) in [5.74, 6) is 2.86. The minimum absolute atomic E-state index is 0.517. The van der Waals surface area contributed by atoms with E-state index in [1.54, 1.807) is 6.33 Å². The van der Waals surface area contributed by atoms with Gasteiger partial charge in [-0.1, -0.05) is 6.42 Å². The summed E-state index contributed by atoms with van der Waals surface area (Å²) in [6.07, 6.45) is 8.49. The molecule has 1 unspecified atom stereocenters. The van der Waals surface area contributed by atoms with Gasteiger partial charge in [0.2, 0.25) is 0 Å². The minimum Gasteiger partial charge on any atom is -0.366 e. The second-order valence-electron chi connectivity index (χ2n) is 6.70. The van der Waals surface area contributed by atoms with Crippen molar-refractivity contribution < 1.29 is 0 Å². The lowest BCUT2D eigenvalue weighted by atomic mass is 9.84. The lowest BCUT2D eigenvalue weighted by molar-refractivity contribution is 0.149. The molecule has 2 heterocycles. The van der Waals surface area contributed by atoms with Gasteiger partial charge in [0.05, 0.1) is 0 Å².